The number of fused-ring (bicyclic) bond motifs is 1. The summed E-state index contributed by atoms with van der Waals surface area (Å²) in [6, 6.07) is 16.4. The van der Waals surface area contributed by atoms with Crippen molar-refractivity contribution in [2.45, 2.75) is 19.8 Å². The molecule has 0 aliphatic carbocycles. The van der Waals surface area contributed by atoms with Gasteiger partial charge in [0.15, 0.2) is 0 Å². The normalized spacial score (nSPS) is 10.9. The Bertz CT molecular complexity index is 1500. The predicted molar refractivity (Wildman–Crippen MR) is 149 cm³/mol. The van der Waals surface area contributed by atoms with Crippen LogP contribution in [0, 0.1) is 6.92 Å². The molecule has 0 saturated carbocycles. The summed E-state index contributed by atoms with van der Waals surface area (Å²) in [4.78, 5) is 33.8. The van der Waals surface area contributed by atoms with E-state index in [0.717, 1.165) is 22.5 Å². The fourth-order valence-electron chi connectivity index (χ4n) is 4.20. The third-order valence-electron chi connectivity index (χ3n) is 6.27. The van der Waals surface area contributed by atoms with Crippen LogP contribution in [0.4, 0.5) is 23.1 Å². The van der Waals surface area contributed by atoms with Crippen molar-refractivity contribution < 1.29 is 13.9 Å². The molecule has 9 heteroatoms. The first-order chi connectivity index (χ1) is 17.7. The van der Waals surface area contributed by atoms with Crippen molar-refractivity contribution >= 4 is 51.5 Å². The largest absolute Gasteiger partial charge is 0.497 e. The minimum absolute atomic E-state index is 0.0494. The first-order valence-corrected chi connectivity index (χ1v) is 12.1. The highest BCUT2D eigenvalue weighted by Gasteiger charge is 2.16. The number of nitrogens with zero attached hydrogens (tertiary/aromatic N) is 3. The van der Waals surface area contributed by atoms with Crippen LogP contribution in [-0.2, 0) is 11.2 Å². The van der Waals surface area contributed by atoms with E-state index >= 15 is 0 Å². The molecule has 0 radical (unpaired) electrons. The van der Waals surface area contributed by atoms with Crippen LogP contribution in [0.5, 0.6) is 5.75 Å². The third-order valence-corrected chi connectivity index (χ3v) is 6.52. The van der Waals surface area contributed by atoms with Crippen LogP contribution in [0.3, 0.4) is 0 Å². The molecule has 0 spiro atoms. The fourth-order valence-corrected chi connectivity index (χ4v) is 4.32. The average molecular weight is 521 g/mol. The van der Waals surface area contributed by atoms with Crippen LogP contribution in [-0.4, -0.2) is 39.1 Å². The van der Waals surface area contributed by atoms with E-state index in [4.69, 9.17) is 20.8 Å². The average Bonchev–Trinajstić information content (AvgIpc) is 2.87. The van der Waals surface area contributed by atoms with Gasteiger partial charge in [0.05, 0.1) is 18.0 Å². The zero-order valence-corrected chi connectivity index (χ0v) is 22.2. The molecule has 1 heterocycles. The van der Waals surface area contributed by atoms with Crippen LogP contribution in [0.1, 0.15) is 17.5 Å². The van der Waals surface area contributed by atoms with Crippen molar-refractivity contribution in [3.63, 3.8) is 0 Å². The molecule has 8 nitrogen and oxygen atoms in total. The number of hydrogen-bond donors (Lipinski definition) is 1. The van der Waals surface area contributed by atoms with E-state index in [-0.39, 0.29) is 18.3 Å². The lowest BCUT2D eigenvalue weighted by Gasteiger charge is -2.18. The number of rotatable bonds is 8. The number of halogens is 1. The van der Waals surface area contributed by atoms with E-state index in [1.165, 1.54) is 0 Å². The Morgan fingerprint density at radius 3 is 2.49 bits per heavy atom. The second kappa shape index (κ2) is 10.9. The summed E-state index contributed by atoms with van der Waals surface area (Å²) in [7, 11) is 7.14. The summed E-state index contributed by atoms with van der Waals surface area (Å²) in [5.74, 6) is 0.567. The summed E-state index contributed by atoms with van der Waals surface area (Å²) in [6.07, 6.45) is 0.716. The Balaban J connectivity index is 1.59. The second-order valence-electron chi connectivity index (χ2n) is 8.88. The van der Waals surface area contributed by atoms with Gasteiger partial charge in [0, 0.05) is 55.7 Å². The van der Waals surface area contributed by atoms with Gasteiger partial charge in [-0.1, -0.05) is 17.7 Å². The Kier molecular flexibility index (Phi) is 7.69. The minimum atomic E-state index is -0.474. The number of carbonyl (C=O) groups excluding carboxylic acids is 1. The SMILES string of the molecule is COc1ccc(CCC(=O)N(C)c2ccc(Cl)cc2)c(Nc2nc3ccc(N(C)C)c(C)c3c(=O)o2)c1. The van der Waals surface area contributed by atoms with Crippen LogP contribution in [0.2, 0.25) is 5.02 Å². The fraction of sp³-hybridized carbons (Fsp3) is 0.250. The van der Waals surface area contributed by atoms with Gasteiger partial charge in [-0.05, 0) is 66.9 Å². The smallest absolute Gasteiger partial charge is 0.348 e. The standard InChI is InChI=1S/C28H29ClN4O4/c1-17-24(32(2)3)14-13-22-26(17)27(35)37-28(30-22)31-23-16-21(36-5)12-6-18(23)7-15-25(34)33(4)20-10-8-19(29)9-11-20/h6,8-14,16H,7,15H2,1-5H3,(H,30,31). The molecule has 1 aromatic heterocycles. The number of anilines is 4. The van der Waals surface area contributed by atoms with Gasteiger partial charge in [0.25, 0.3) is 0 Å². The van der Waals surface area contributed by atoms with Crippen molar-refractivity contribution in [3.05, 3.63) is 81.2 Å². The van der Waals surface area contributed by atoms with E-state index in [1.54, 1.807) is 55.5 Å². The van der Waals surface area contributed by atoms with E-state index in [1.807, 2.05) is 44.1 Å². The van der Waals surface area contributed by atoms with Crippen molar-refractivity contribution in [3.8, 4) is 5.75 Å². The lowest BCUT2D eigenvalue weighted by atomic mass is 10.1. The number of methoxy groups -OCH3 is 1. The van der Waals surface area contributed by atoms with Gasteiger partial charge in [0.2, 0.25) is 5.91 Å². The number of aryl methyl sites for hydroxylation is 2. The lowest BCUT2D eigenvalue weighted by Crippen LogP contribution is -2.26. The highest BCUT2D eigenvalue weighted by atomic mass is 35.5. The van der Waals surface area contributed by atoms with Crippen molar-refractivity contribution in [2.75, 3.05) is 43.4 Å². The number of carbonyl (C=O) groups is 1. The van der Waals surface area contributed by atoms with E-state index in [0.29, 0.717) is 33.8 Å². The van der Waals surface area contributed by atoms with E-state index in [2.05, 4.69) is 10.3 Å². The van der Waals surface area contributed by atoms with Crippen molar-refractivity contribution in [1.82, 2.24) is 4.98 Å². The molecule has 1 N–H and O–H groups in total. The molecule has 37 heavy (non-hydrogen) atoms. The number of hydrogen-bond acceptors (Lipinski definition) is 7. The molecule has 0 aliphatic heterocycles. The maximum absolute atomic E-state index is 12.9. The van der Waals surface area contributed by atoms with E-state index < -0.39 is 5.63 Å². The quantitative estimate of drug-likeness (QED) is 0.325. The molecule has 0 unspecified atom stereocenters. The number of benzene rings is 3. The second-order valence-corrected chi connectivity index (χ2v) is 9.32. The molecule has 0 aliphatic rings. The summed E-state index contributed by atoms with van der Waals surface area (Å²) >= 11 is 5.96. The maximum Gasteiger partial charge on any atom is 0.348 e. The highest BCUT2D eigenvalue weighted by Crippen LogP contribution is 2.29. The van der Waals surface area contributed by atoms with Gasteiger partial charge >= 0.3 is 11.6 Å². The minimum Gasteiger partial charge on any atom is -0.497 e. The highest BCUT2D eigenvalue weighted by molar-refractivity contribution is 6.30. The summed E-state index contributed by atoms with van der Waals surface area (Å²) in [5.41, 5.74) is 4.04. The molecule has 0 bridgehead atoms. The summed E-state index contributed by atoms with van der Waals surface area (Å²) < 4.78 is 10.9. The van der Waals surface area contributed by atoms with Gasteiger partial charge in [-0.3, -0.25) is 4.79 Å². The first kappa shape index (κ1) is 26.0. The summed E-state index contributed by atoms with van der Waals surface area (Å²) in [6.45, 7) is 1.88. The molecule has 0 saturated heterocycles. The first-order valence-electron chi connectivity index (χ1n) is 11.8. The number of amides is 1. The third kappa shape index (κ3) is 5.70. The Morgan fingerprint density at radius 1 is 1.08 bits per heavy atom. The Hall–Kier alpha value is -4.04. The van der Waals surface area contributed by atoms with Gasteiger partial charge < -0.3 is 24.3 Å². The van der Waals surface area contributed by atoms with E-state index in [9.17, 15) is 9.59 Å². The molecule has 4 aromatic rings. The van der Waals surface area contributed by atoms with Crippen molar-refractivity contribution in [1.29, 1.82) is 0 Å². The molecular formula is C28H29ClN4O4. The lowest BCUT2D eigenvalue weighted by molar-refractivity contribution is -0.118. The molecule has 192 valence electrons. The molecular weight excluding hydrogens is 492 g/mol. The molecule has 3 aromatic carbocycles. The van der Waals surface area contributed by atoms with Crippen molar-refractivity contribution in [2.24, 2.45) is 0 Å². The number of nitrogens with one attached hydrogen (secondary N) is 1. The number of aromatic nitrogens is 1. The van der Waals surface area contributed by atoms with Gasteiger partial charge in [-0.25, -0.2) is 4.79 Å². The maximum atomic E-state index is 12.9. The Morgan fingerprint density at radius 2 is 1.81 bits per heavy atom. The van der Waals surface area contributed by atoms with Crippen LogP contribution in [0.15, 0.2) is 63.8 Å². The predicted octanol–water partition coefficient (Wildman–Crippen LogP) is 5.56. The molecule has 0 atom stereocenters. The zero-order valence-electron chi connectivity index (χ0n) is 21.5. The van der Waals surface area contributed by atoms with Gasteiger partial charge in [-0.15, -0.1) is 0 Å². The monoisotopic (exact) mass is 520 g/mol. The van der Waals surface area contributed by atoms with Crippen LogP contribution in [0.25, 0.3) is 10.9 Å². The zero-order chi connectivity index (χ0) is 26.7. The molecule has 1 amide bonds. The van der Waals surface area contributed by atoms with Gasteiger partial charge in [0.1, 0.15) is 5.75 Å². The topological polar surface area (TPSA) is 87.9 Å². The van der Waals surface area contributed by atoms with Gasteiger partial charge in [-0.2, -0.15) is 4.98 Å². The van der Waals surface area contributed by atoms with Crippen LogP contribution >= 0.6 is 11.6 Å². The Labute approximate surface area is 220 Å². The molecule has 4 rings (SSSR count). The number of ether oxygens (including phenoxy) is 1. The molecule has 0 fully saturated rings. The van der Waals surface area contributed by atoms with Crippen LogP contribution < -0.4 is 25.5 Å². The summed E-state index contributed by atoms with van der Waals surface area (Å²) in [5, 5.41) is 4.18.